The zero-order valence-electron chi connectivity index (χ0n) is 64.0. The van der Waals surface area contributed by atoms with E-state index in [0.29, 0.717) is 118 Å². The lowest BCUT2D eigenvalue weighted by Gasteiger charge is -2.23. The van der Waals surface area contributed by atoms with Gasteiger partial charge in [-0.1, -0.05) is 84.0 Å². The maximum atomic E-state index is 12.3. The van der Waals surface area contributed by atoms with Gasteiger partial charge >= 0.3 is 24.3 Å². The molecule has 11 aliphatic heterocycles. The van der Waals surface area contributed by atoms with Crippen molar-refractivity contribution in [1.82, 2.24) is 0 Å². The van der Waals surface area contributed by atoms with Crippen LogP contribution in [-0.4, -0.2) is 144 Å². The highest BCUT2D eigenvalue weighted by Gasteiger charge is 2.37. The topological polar surface area (TPSA) is 288 Å². The minimum atomic E-state index is -4.42. The number of thioether (sulfide) groups is 5. The third kappa shape index (κ3) is 22.9. The molecule has 0 amide bonds. The van der Waals surface area contributed by atoms with Crippen molar-refractivity contribution in [2.75, 3.05) is 62.8 Å². The third-order valence-electron chi connectivity index (χ3n) is 18.5. The van der Waals surface area contributed by atoms with Gasteiger partial charge in [-0.15, -0.1) is 47.0 Å². The van der Waals surface area contributed by atoms with Crippen molar-refractivity contribution in [3.63, 3.8) is 0 Å². The van der Waals surface area contributed by atoms with Crippen molar-refractivity contribution in [3.05, 3.63) is 248 Å². The Balaban J connectivity index is 0.000000125. The molecule has 20 rings (SSSR count). The Hall–Kier alpha value is -11.2. The van der Waals surface area contributed by atoms with Crippen LogP contribution in [0.5, 0.6) is 40.2 Å². The van der Waals surface area contributed by atoms with Gasteiger partial charge in [0.15, 0.2) is 63.9 Å². The summed E-state index contributed by atoms with van der Waals surface area (Å²) in [5.41, 5.74) is 3.42. The molecule has 626 valence electrons. The molecule has 0 radical (unpaired) electrons. The second-order valence-electron chi connectivity index (χ2n) is 26.8. The van der Waals surface area contributed by atoms with E-state index in [4.69, 9.17) is 54.2 Å². The number of rotatable bonds is 2. The van der Waals surface area contributed by atoms with Crippen LogP contribution in [0.2, 0.25) is 5.02 Å². The van der Waals surface area contributed by atoms with E-state index in [0.717, 1.165) is 83.5 Å². The van der Waals surface area contributed by atoms with E-state index in [1.165, 1.54) is 49.5 Å². The van der Waals surface area contributed by atoms with Crippen molar-refractivity contribution < 1.29 is 127 Å². The Morgan fingerprint density at radius 2 is 0.760 bits per heavy atom. The highest BCUT2D eigenvalue weighted by Crippen LogP contribution is 2.44. The zero-order valence-corrected chi connectivity index (χ0v) is 68.8. The SMILES string of the molecule is CC(=O)OC1COc2ccccc2C1=O.CC(=O)OC1Sc2ccccc2C1=O.O=C1CCOc2cc3c(cc21)SCCC3=O.O=C1CCOc2ccc(C(F)(F)F)cc21.O=C1CCOc2ccc(Cl)cc21.O=C1CCOc2ccccc21.O=C1CCSc2cc3c(cc21)OCO3.O=C1CSc2ccc(C(F)(F)F)cc21.O=C1CSc2ccccc21. The molecule has 121 heavy (non-hydrogen) atoms. The van der Waals surface area contributed by atoms with Crippen LogP contribution in [0.25, 0.3) is 0 Å². The van der Waals surface area contributed by atoms with E-state index in [2.05, 4.69) is 0 Å². The van der Waals surface area contributed by atoms with Crippen LogP contribution in [0.4, 0.5) is 26.3 Å². The summed E-state index contributed by atoms with van der Waals surface area (Å²) in [6.45, 7) is 4.59. The normalized spacial score (nSPS) is 17.1. The predicted molar refractivity (Wildman–Crippen MR) is 437 cm³/mol. The number of alkyl halides is 6. The van der Waals surface area contributed by atoms with Crippen LogP contribution >= 0.6 is 70.4 Å². The van der Waals surface area contributed by atoms with Crippen LogP contribution in [0, 0.1) is 0 Å². The lowest BCUT2D eigenvalue weighted by molar-refractivity contribution is -0.146. The van der Waals surface area contributed by atoms with Crippen molar-refractivity contribution in [2.24, 2.45) is 0 Å². The second-order valence-corrected chi connectivity index (χ2v) is 32.7. The maximum absolute atomic E-state index is 12.3. The number of halogens is 7. The highest BCUT2D eigenvalue weighted by atomic mass is 35.5. The summed E-state index contributed by atoms with van der Waals surface area (Å²) in [7, 11) is 0. The molecule has 0 N–H and O–H groups in total. The van der Waals surface area contributed by atoms with Crippen LogP contribution in [0.1, 0.15) is 167 Å². The summed E-state index contributed by atoms with van der Waals surface area (Å²) in [5.74, 6) is 6.00. The van der Waals surface area contributed by atoms with Gasteiger partial charge in [-0.05, 0) is 115 Å². The molecule has 11 aliphatic rings. The molecule has 0 aromatic heterocycles. The standard InChI is InChI=1S/C12H10O3S.C11H10O4.C10H7F3O2.2C10H8O3S.C9H7ClO2.C9H5F3OS.C9H8O2.C8H6OS/c13-9-1-3-15-11-5-8-10(14)2-4-16-12(8)6-7(9)11;1-7(12)15-10-6-14-9-5-3-2-4-8(9)11(10)13;11-10(12,13)6-1-2-9-7(5-6)8(14)3-4-15-9;11-7-1-2-14-10-4-9-8(3-6(7)10)12-5-13-9;1-6(11)13-10-9(12)7-4-2-3-5-8(7)14-10;10-6-1-2-9-7(5-6)8(11)3-4-12-9;10-9(11,12)5-1-2-8-6(3-5)7(13)4-14-8;10-8-5-6-11-9-4-2-1-3-7(8)9;9-7-5-10-8-4-2-1-3-6(7)8/h5-6H,1-4H2;2-5,10H,6H2,1H3;1-2,5H,3-4H2;3-4H,1-2,5H2;2-5,10H,1H3;1-2,5H,3-4H2;1-3H,4H2;1-4H,5-6H2;1-4H,5H2. The van der Waals surface area contributed by atoms with Gasteiger partial charge in [0.2, 0.25) is 23.8 Å². The number of ketones is 10. The van der Waals surface area contributed by atoms with Crippen LogP contribution in [0.3, 0.4) is 0 Å². The number of para-hydroxylation sites is 2. The van der Waals surface area contributed by atoms with Crippen molar-refractivity contribution >= 4 is 140 Å². The van der Waals surface area contributed by atoms with Crippen molar-refractivity contribution in [2.45, 2.75) is 101 Å². The van der Waals surface area contributed by atoms with Gasteiger partial charge in [0, 0.05) is 121 Å². The largest absolute Gasteiger partial charge is 0.492 e. The molecule has 0 spiro atoms. The van der Waals surface area contributed by atoms with Crippen molar-refractivity contribution in [3.8, 4) is 40.2 Å². The molecular formula is C88H69ClF6O21S5. The minimum absolute atomic E-state index is 0.0241. The van der Waals surface area contributed by atoms with Gasteiger partial charge in [0.1, 0.15) is 35.4 Å². The van der Waals surface area contributed by atoms with E-state index >= 15 is 0 Å². The Labute approximate surface area is 713 Å². The summed E-state index contributed by atoms with van der Waals surface area (Å²) >= 11 is 13.3. The summed E-state index contributed by atoms with van der Waals surface area (Å²) < 4.78 is 120. The number of ether oxygens (including phenoxy) is 9. The number of benzene rings is 9. The first-order valence-electron chi connectivity index (χ1n) is 37.2. The van der Waals surface area contributed by atoms with E-state index in [1.807, 2.05) is 66.7 Å². The van der Waals surface area contributed by atoms with Crippen LogP contribution < -0.4 is 33.2 Å². The zero-order chi connectivity index (χ0) is 86.2. The molecule has 2 atom stereocenters. The number of hydrogen-bond acceptors (Lipinski definition) is 26. The number of fused-ring (bicyclic) bond motifs is 11. The predicted octanol–water partition coefficient (Wildman–Crippen LogP) is 19.1. The Bertz CT molecular complexity index is 5530. The number of carbonyl (C=O) groups excluding carboxylic acids is 12. The van der Waals surface area contributed by atoms with Gasteiger partial charge < -0.3 is 42.6 Å². The first-order valence-corrected chi connectivity index (χ1v) is 42.4. The average molecular weight is 1770 g/mol. The minimum Gasteiger partial charge on any atom is -0.492 e. The molecule has 0 fully saturated rings. The quantitative estimate of drug-likeness (QED) is 0.115. The maximum Gasteiger partial charge on any atom is 0.416 e. The molecule has 0 saturated carbocycles. The summed E-state index contributed by atoms with van der Waals surface area (Å²) in [6, 6.07) is 47.8. The first kappa shape index (κ1) is 89.1. The van der Waals surface area contributed by atoms with Crippen LogP contribution in [0.15, 0.2) is 200 Å². The Kier molecular flexibility index (Phi) is 29.8. The van der Waals surface area contributed by atoms with Gasteiger partial charge in [0.05, 0.1) is 76.9 Å². The second kappa shape index (κ2) is 40.5. The smallest absolute Gasteiger partial charge is 0.416 e. The van der Waals surface area contributed by atoms with E-state index < -0.39 is 47.0 Å². The Morgan fingerprint density at radius 1 is 0.347 bits per heavy atom. The van der Waals surface area contributed by atoms with Gasteiger partial charge in [-0.2, -0.15) is 26.3 Å². The van der Waals surface area contributed by atoms with Gasteiger partial charge in [0.25, 0.3) is 0 Å². The summed E-state index contributed by atoms with van der Waals surface area (Å²) in [6.07, 6.45) is -6.88. The molecule has 0 bridgehead atoms. The molecule has 9 aromatic carbocycles. The number of esters is 2. The fourth-order valence-electron chi connectivity index (χ4n) is 12.7. The van der Waals surface area contributed by atoms with E-state index in [1.54, 1.807) is 108 Å². The lowest BCUT2D eigenvalue weighted by atomic mass is 10.00. The Morgan fingerprint density at radius 3 is 1.31 bits per heavy atom. The summed E-state index contributed by atoms with van der Waals surface area (Å²) in [4.78, 5) is 140. The number of hydrogen-bond donors (Lipinski definition) is 0. The molecule has 11 heterocycles. The van der Waals surface area contributed by atoms with Crippen LogP contribution in [-0.2, 0) is 31.4 Å². The van der Waals surface area contributed by atoms with Gasteiger partial charge in [-0.25, -0.2) is 0 Å². The molecule has 21 nitrogen and oxygen atoms in total. The number of Topliss-reactive ketones (excluding diaryl/α,β-unsaturated/α-hetero) is 10. The third-order valence-corrected chi connectivity index (χ3v) is 24.2. The van der Waals surface area contributed by atoms with Gasteiger partial charge in [-0.3, -0.25) is 57.5 Å². The molecule has 2 unspecified atom stereocenters. The number of carbonyl (C=O) groups is 12. The first-order chi connectivity index (χ1) is 57.9. The highest BCUT2D eigenvalue weighted by molar-refractivity contribution is 8.01. The van der Waals surface area contributed by atoms with E-state index in [-0.39, 0.29) is 107 Å². The molecular weight excluding hydrogens is 1700 g/mol. The average Bonchev–Trinajstić information content (AvgIpc) is 1.77. The molecule has 33 heteroatoms. The summed E-state index contributed by atoms with van der Waals surface area (Å²) in [5, 5.41) is 0.576. The lowest BCUT2D eigenvalue weighted by Crippen LogP contribution is -2.36. The fraction of sp³-hybridized carbons (Fsp3) is 0.250. The van der Waals surface area contributed by atoms with Crippen molar-refractivity contribution in [1.29, 1.82) is 0 Å². The molecule has 0 aliphatic carbocycles. The molecule has 9 aromatic rings. The van der Waals surface area contributed by atoms with E-state index in [9.17, 15) is 83.9 Å². The fourth-order valence-corrected chi connectivity index (χ4v) is 17.9. The molecule has 0 saturated heterocycles. The monoisotopic (exact) mass is 1770 g/mol.